The lowest BCUT2D eigenvalue weighted by molar-refractivity contribution is 0.0934. The SMILES string of the molecule is CC(C)(C)CC(=O)c1cnc(CC2CCNC2)cn1. The molecular weight excluding hydrogens is 238 g/mol. The van der Waals surface area contributed by atoms with Crippen LogP contribution >= 0.6 is 0 Å². The predicted molar refractivity (Wildman–Crippen MR) is 75.1 cm³/mol. The van der Waals surface area contributed by atoms with Gasteiger partial charge in [0.15, 0.2) is 5.78 Å². The van der Waals surface area contributed by atoms with Crippen molar-refractivity contribution in [2.24, 2.45) is 11.3 Å². The smallest absolute Gasteiger partial charge is 0.183 e. The van der Waals surface area contributed by atoms with Crippen LogP contribution in [-0.4, -0.2) is 28.8 Å². The molecule has 0 radical (unpaired) electrons. The molecule has 1 fully saturated rings. The molecule has 1 aromatic rings. The molecule has 4 nitrogen and oxygen atoms in total. The van der Waals surface area contributed by atoms with E-state index >= 15 is 0 Å². The number of ketones is 1. The van der Waals surface area contributed by atoms with Crippen LogP contribution in [0.15, 0.2) is 12.4 Å². The van der Waals surface area contributed by atoms with Gasteiger partial charge in [0.05, 0.1) is 11.9 Å². The molecule has 0 amide bonds. The molecule has 1 atom stereocenters. The van der Waals surface area contributed by atoms with Crippen LogP contribution in [-0.2, 0) is 6.42 Å². The monoisotopic (exact) mass is 261 g/mol. The van der Waals surface area contributed by atoms with E-state index < -0.39 is 0 Å². The summed E-state index contributed by atoms with van der Waals surface area (Å²) in [5, 5.41) is 3.35. The molecule has 0 aromatic carbocycles. The Bertz CT molecular complexity index is 428. The van der Waals surface area contributed by atoms with Gasteiger partial charge < -0.3 is 5.32 Å². The molecule has 2 rings (SSSR count). The molecule has 2 heterocycles. The summed E-state index contributed by atoms with van der Waals surface area (Å²) < 4.78 is 0. The fourth-order valence-corrected chi connectivity index (χ4v) is 2.36. The number of Topliss-reactive ketones (excluding diaryl/α,β-unsaturated/α-hetero) is 1. The first kappa shape index (κ1) is 14.1. The number of nitrogens with one attached hydrogen (secondary N) is 1. The summed E-state index contributed by atoms with van der Waals surface area (Å²) in [6.45, 7) is 8.33. The summed E-state index contributed by atoms with van der Waals surface area (Å²) in [6.07, 6.45) is 6.05. The summed E-state index contributed by atoms with van der Waals surface area (Å²) in [4.78, 5) is 20.7. The maximum atomic E-state index is 12.0. The van der Waals surface area contributed by atoms with Crippen molar-refractivity contribution in [1.82, 2.24) is 15.3 Å². The standard InChI is InChI=1S/C15H23N3O/c1-15(2,3)7-14(19)13-10-17-12(9-18-13)6-11-4-5-16-8-11/h9-11,16H,4-8H2,1-3H3. The minimum Gasteiger partial charge on any atom is -0.316 e. The Balaban J connectivity index is 1.95. The fraction of sp³-hybridized carbons (Fsp3) is 0.667. The number of rotatable bonds is 4. The number of nitrogens with zero attached hydrogens (tertiary/aromatic N) is 2. The van der Waals surface area contributed by atoms with Gasteiger partial charge in [-0.3, -0.25) is 9.78 Å². The Morgan fingerprint density at radius 3 is 2.68 bits per heavy atom. The highest BCUT2D eigenvalue weighted by Crippen LogP contribution is 2.21. The van der Waals surface area contributed by atoms with Crippen LogP contribution in [0, 0.1) is 11.3 Å². The number of carbonyl (C=O) groups excluding carboxylic acids is 1. The lowest BCUT2D eigenvalue weighted by Gasteiger charge is -2.16. The van der Waals surface area contributed by atoms with Gasteiger partial charge in [-0.15, -0.1) is 0 Å². The van der Waals surface area contributed by atoms with Gasteiger partial charge in [0.1, 0.15) is 5.69 Å². The van der Waals surface area contributed by atoms with Crippen molar-refractivity contribution in [2.45, 2.75) is 40.0 Å². The maximum Gasteiger partial charge on any atom is 0.183 e. The number of carbonyl (C=O) groups is 1. The molecule has 104 valence electrons. The number of aromatic nitrogens is 2. The molecule has 0 bridgehead atoms. The highest BCUT2D eigenvalue weighted by molar-refractivity contribution is 5.94. The minimum atomic E-state index is -0.00699. The van der Waals surface area contributed by atoms with Gasteiger partial charge in [-0.2, -0.15) is 0 Å². The molecule has 1 saturated heterocycles. The zero-order chi connectivity index (χ0) is 13.9. The normalized spacial score (nSPS) is 19.6. The summed E-state index contributed by atoms with van der Waals surface area (Å²) in [7, 11) is 0. The largest absolute Gasteiger partial charge is 0.316 e. The average molecular weight is 261 g/mol. The Hall–Kier alpha value is -1.29. The molecular formula is C15H23N3O. The molecule has 0 aliphatic carbocycles. The first-order valence-electron chi connectivity index (χ1n) is 6.99. The van der Waals surface area contributed by atoms with Gasteiger partial charge in [-0.1, -0.05) is 20.8 Å². The van der Waals surface area contributed by atoms with Crippen LogP contribution < -0.4 is 5.32 Å². The van der Waals surface area contributed by atoms with Crippen LogP contribution in [0.4, 0.5) is 0 Å². The molecule has 1 N–H and O–H groups in total. The van der Waals surface area contributed by atoms with Crippen molar-refractivity contribution >= 4 is 5.78 Å². The van der Waals surface area contributed by atoms with Crippen molar-refractivity contribution in [1.29, 1.82) is 0 Å². The maximum absolute atomic E-state index is 12.0. The van der Waals surface area contributed by atoms with Gasteiger partial charge in [0.2, 0.25) is 0 Å². The van der Waals surface area contributed by atoms with Crippen LogP contribution in [0.1, 0.15) is 49.8 Å². The number of hydrogen-bond acceptors (Lipinski definition) is 4. The van der Waals surface area contributed by atoms with E-state index in [0.717, 1.165) is 25.2 Å². The molecule has 1 unspecified atom stereocenters. The molecule has 1 aromatic heterocycles. The molecule has 1 aliphatic rings. The van der Waals surface area contributed by atoms with Crippen molar-refractivity contribution < 1.29 is 4.79 Å². The predicted octanol–water partition coefficient (Wildman–Crippen LogP) is 2.25. The van der Waals surface area contributed by atoms with Crippen molar-refractivity contribution in [3.63, 3.8) is 0 Å². The zero-order valence-corrected chi connectivity index (χ0v) is 12.1. The first-order valence-corrected chi connectivity index (χ1v) is 6.99. The minimum absolute atomic E-state index is 0.00699. The van der Waals surface area contributed by atoms with Crippen LogP contribution in [0.2, 0.25) is 0 Å². The quantitative estimate of drug-likeness (QED) is 0.845. The Kier molecular flexibility index (Phi) is 4.30. The van der Waals surface area contributed by atoms with Gasteiger partial charge in [0, 0.05) is 12.6 Å². The second kappa shape index (κ2) is 5.78. The summed E-state index contributed by atoms with van der Waals surface area (Å²) in [5.41, 5.74) is 1.47. The zero-order valence-electron chi connectivity index (χ0n) is 12.1. The second-order valence-corrected chi connectivity index (χ2v) is 6.62. The molecule has 4 heteroatoms. The third kappa shape index (κ3) is 4.39. The van der Waals surface area contributed by atoms with Crippen LogP contribution in [0.3, 0.4) is 0 Å². The van der Waals surface area contributed by atoms with Crippen LogP contribution in [0.5, 0.6) is 0 Å². The van der Waals surface area contributed by atoms with Gasteiger partial charge in [-0.05, 0) is 37.3 Å². The van der Waals surface area contributed by atoms with E-state index in [4.69, 9.17) is 0 Å². The van der Waals surface area contributed by atoms with E-state index in [1.807, 2.05) is 0 Å². The van der Waals surface area contributed by atoms with E-state index in [1.54, 1.807) is 12.4 Å². The van der Waals surface area contributed by atoms with Gasteiger partial charge in [-0.25, -0.2) is 4.98 Å². The molecule has 1 aliphatic heterocycles. The molecule has 0 spiro atoms. The Labute approximate surface area is 115 Å². The topological polar surface area (TPSA) is 54.9 Å². The van der Waals surface area contributed by atoms with Crippen molar-refractivity contribution in [3.8, 4) is 0 Å². The van der Waals surface area contributed by atoms with E-state index in [0.29, 0.717) is 18.0 Å². The van der Waals surface area contributed by atoms with Gasteiger partial charge in [0.25, 0.3) is 0 Å². The highest BCUT2D eigenvalue weighted by Gasteiger charge is 2.19. The first-order chi connectivity index (χ1) is 8.94. The Morgan fingerprint density at radius 2 is 2.16 bits per heavy atom. The lowest BCUT2D eigenvalue weighted by Crippen LogP contribution is -2.15. The third-order valence-corrected chi connectivity index (χ3v) is 3.34. The average Bonchev–Trinajstić information content (AvgIpc) is 2.80. The van der Waals surface area contributed by atoms with E-state index in [2.05, 4.69) is 36.1 Å². The van der Waals surface area contributed by atoms with Crippen molar-refractivity contribution in [2.75, 3.05) is 13.1 Å². The second-order valence-electron chi connectivity index (χ2n) is 6.62. The summed E-state index contributed by atoms with van der Waals surface area (Å²) >= 11 is 0. The van der Waals surface area contributed by atoms with Gasteiger partial charge >= 0.3 is 0 Å². The third-order valence-electron chi connectivity index (χ3n) is 3.34. The molecule has 0 saturated carbocycles. The fourth-order valence-electron chi connectivity index (χ4n) is 2.36. The summed E-state index contributed by atoms with van der Waals surface area (Å²) in [6, 6.07) is 0. The van der Waals surface area contributed by atoms with Crippen molar-refractivity contribution in [3.05, 3.63) is 23.8 Å². The van der Waals surface area contributed by atoms with E-state index in [1.165, 1.54) is 6.42 Å². The summed E-state index contributed by atoms with van der Waals surface area (Å²) in [5.74, 6) is 0.736. The van der Waals surface area contributed by atoms with E-state index in [9.17, 15) is 4.79 Å². The highest BCUT2D eigenvalue weighted by atomic mass is 16.1. The van der Waals surface area contributed by atoms with Crippen LogP contribution in [0.25, 0.3) is 0 Å². The number of hydrogen-bond donors (Lipinski definition) is 1. The van der Waals surface area contributed by atoms with E-state index in [-0.39, 0.29) is 11.2 Å². The molecule has 19 heavy (non-hydrogen) atoms. The Morgan fingerprint density at radius 1 is 1.37 bits per heavy atom. The lowest BCUT2D eigenvalue weighted by atomic mass is 9.89.